The van der Waals surface area contributed by atoms with E-state index in [1.54, 1.807) is 0 Å². The van der Waals surface area contributed by atoms with Crippen LogP contribution < -0.4 is 15.2 Å². The molecule has 0 radical (unpaired) electrons. The first-order valence-corrected chi connectivity index (χ1v) is 8.99. The fraction of sp³-hybridized carbons (Fsp3) is 0.412. The lowest BCUT2D eigenvalue weighted by atomic mass is 10.0. The Morgan fingerprint density at radius 1 is 1.36 bits per heavy atom. The second-order valence-corrected chi connectivity index (χ2v) is 6.88. The summed E-state index contributed by atoms with van der Waals surface area (Å²) in [6.07, 6.45) is 2.65. The predicted molar refractivity (Wildman–Crippen MR) is 97.7 cm³/mol. The number of nitrogens with zero attached hydrogens (tertiary/aromatic N) is 2. The molecule has 0 aliphatic carbocycles. The van der Waals surface area contributed by atoms with E-state index in [0.717, 1.165) is 41.5 Å². The highest BCUT2D eigenvalue weighted by Gasteiger charge is 2.32. The Bertz CT molecular complexity index is 767. The van der Waals surface area contributed by atoms with Gasteiger partial charge in [0.05, 0.1) is 11.0 Å². The summed E-state index contributed by atoms with van der Waals surface area (Å²) < 4.78 is 10.8. The Morgan fingerprint density at radius 2 is 2.20 bits per heavy atom. The lowest BCUT2D eigenvalue weighted by Crippen LogP contribution is -2.30. The molecule has 1 aromatic carbocycles. The van der Waals surface area contributed by atoms with Crippen LogP contribution in [-0.4, -0.2) is 35.7 Å². The molecule has 2 aromatic rings. The van der Waals surface area contributed by atoms with Crippen molar-refractivity contribution in [2.75, 3.05) is 19.9 Å². The number of fused-ring (bicyclic) bond motifs is 1. The van der Waals surface area contributed by atoms with Gasteiger partial charge in [-0.3, -0.25) is 4.79 Å². The van der Waals surface area contributed by atoms with Crippen molar-refractivity contribution in [3.05, 3.63) is 39.8 Å². The van der Waals surface area contributed by atoms with E-state index in [1.807, 2.05) is 28.5 Å². The average molecular weight is 382 g/mol. The van der Waals surface area contributed by atoms with Crippen molar-refractivity contribution in [3.8, 4) is 11.5 Å². The van der Waals surface area contributed by atoms with Crippen LogP contribution in [0.3, 0.4) is 0 Å². The van der Waals surface area contributed by atoms with Crippen LogP contribution in [0.5, 0.6) is 11.5 Å². The summed E-state index contributed by atoms with van der Waals surface area (Å²) in [5.74, 6) is 1.51. The minimum absolute atomic E-state index is 0. The molecule has 0 bridgehead atoms. The number of benzene rings is 1. The number of rotatable bonds is 4. The molecule has 25 heavy (non-hydrogen) atoms. The SMILES string of the molecule is Cl.NCCc1nc(C(=O)N2CCCC2c2ccc3c(c2)OCO3)cs1. The van der Waals surface area contributed by atoms with E-state index in [2.05, 4.69) is 4.98 Å². The average Bonchev–Trinajstić information content (AvgIpc) is 3.33. The largest absolute Gasteiger partial charge is 0.454 e. The second kappa shape index (κ2) is 7.59. The summed E-state index contributed by atoms with van der Waals surface area (Å²) in [4.78, 5) is 19.2. The number of carbonyl (C=O) groups is 1. The third-order valence-corrected chi connectivity index (χ3v) is 5.33. The van der Waals surface area contributed by atoms with Crippen molar-refractivity contribution < 1.29 is 14.3 Å². The second-order valence-electron chi connectivity index (χ2n) is 5.93. The first-order chi connectivity index (χ1) is 11.8. The molecule has 8 heteroatoms. The zero-order valence-corrected chi connectivity index (χ0v) is 15.3. The zero-order chi connectivity index (χ0) is 16.5. The Balaban J connectivity index is 0.00000182. The molecule has 134 valence electrons. The zero-order valence-electron chi connectivity index (χ0n) is 13.6. The standard InChI is InChI=1S/C17H19N3O3S.ClH/c18-6-5-16-19-12(9-24-16)17(21)20-7-1-2-13(20)11-3-4-14-15(8-11)23-10-22-14;/h3-4,8-9,13H,1-2,5-7,10,18H2;1H. The van der Waals surface area contributed by atoms with Crippen LogP contribution in [0.2, 0.25) is 0 Å². The molecule has 1 aromatic heterocycles. The van der Waals surface area contributed by atoms with Gasteiger partial charge in [-0.25, -0.2) is 4.98 Å². The number of likely N-dealkylation sites (tertiary alicyclic amines) is 1. The number of aromatic nitrogens is 1. The molecular formula is C17H20ClN3O3S. The van der Waals surface area contributed by atoms with E-state index in [1.165, 1.54) is 11.3 Å². The van der Waals surface area contributed by atoms with Gasteiger partial charge in [-0.1, -0.05) is 6.07 Å². The summed E-state index contributed by atoms with van der Waals surface area (Å²) in [5.41, 5.74) is 7.17. The van der Waals surface area contributed by atoms with E-state index in [-0.39, 0.29) is 31.1 Å². The molecule has 4 rings (SSSR count). The fourth-order valence-electron chi connectivity index (χ4n) is 3.27. The number of ether oxygens (including phenoxy) is 2. The quantitative estimate of drug-likeness (QED) is 0.881. The number of amides is 1. The van der Waals surface area contributed by atoms with Crippen LogP contribution in [0.1, 0.15) is 39.9 Å². The number of nitrogens with two attached hydrogens (primary N) is 1. The molecule has 1 atom stereocenters. The van der Waals surface area contributed by atoms with Gasteiger partial charge in [-0.15, -0.1) is 23.7 Å². The smallest absolute Gasteiger partial charge is 0.273 e. The molecule has 1 amide bonds. The van der Waals surface area contributed by atoms with Gasteiger partial charge in [-0.05, 0) is 37.1 Å². The molecule has 0 spiro atoms. The van der Waals surface area contributed by atoms with Crippen molar-refractivity contribution in [3.63, 3.8) is 0 Å². The summed E-state index contributed by atoms with van der Waals surface area (Å²) in [5, 5.41) is 2.75. The molecule has 3 heterocycles. The monoisotopic (exact) mass is 381 g/mol. The Morgan fingerprint density at radius 3 is 3.04 bits per heavy atom. The van der Waals surface area contributed by atoms with Gasteiger partial charge in [0.15, 0.2) is 11.5 Å². The van der Waals surface area contributed by atoms with Crippen molar-refractivity contribution >= 4 is 29.7 Å². The molecule has 2 N–H and O–H groups in total. The van der Waals surface area contributed by atoms with Crippen LogP contribution in [0, 0.1) is 0 Å². The van der Waals surface area contributed by atoms with Gasteiger partial charge >= 0.3 is 0 Å². The molecule has 1 unspecified atom stereocenters. The van der Waals surface area contributed by atoms with Gasteiger partial charge in [-0.2, -0.15) is 0 Å². The molecule has 2 aliphatic rings. The summed E-state index contributed by atoms with van der Waals surface area (Å²) in [6.45, 7) is 1.56. The van der Waals surface area contributed by atoms with Crippen molar-refractivity contribution in [1.29, 1.82) is 0 Å². The Kier molecular flexibility index (Phi) is 5.46. The number of thiazole rings is 1. The summed E-state index contributed by atoms with van der Waals surface area (Å²) in [6, 6.07) is 5.98. The van der Waals surface area contributed by atoms with E-state index >= 15 is 0 Å². The topological polar surface area (TPSA) is 77.7 Å². The number of halogens is 1. The van der Waals surface area contributed by atoms with E-state index in [9.17, 15) is 4.79 Å². The number of hydrogen-bond acceptors (Lipinski definition) is 6. The third-order valence-electron chi connectivity index (χ3n) is 4.42. The maximum Gasteiger partial charge on any atom is 0.273 e. The van der Waals surface area contributed by atoms with Crippen LogP contribution in [0.15, 0.2) is 23.6 Å². The minimum atomic E-state index is -0.00492. The summed E-state index contributed by atoms with van der Waals surface area (Å²) >= 11 is 1.50. The highest BCUT2D eigenvalue weighted by atomic mass is 35.5. The van der Waals surface area contributed by atoms with Gasteiger partial charge in [0.2, 0.25) is 6.79 Å². The van der Waals surface area contributed by atoms with Gasteiger partial charge < -0.3 is 20.1 Å². The van der Waals surface area contributed by atoms with Gasteiger partial charge in [0, 0.05) is 18.3 Å². The molecule has 1 fully saturated rings. The normalized spacial score (nSPS) is 18.3. The molecule has 6 nitrogen and oxygen atoms in total. The molecular weight excluding hydrogens is 362 g/mol. The van der Waals surface area contributed by atoms with Crippen molar-refractivity contribution in [2.45, 2.75) is 25.3 Å². The molecule has 2 aliphatic heterocycles. The van der Waals surface area contributed by atoms with Gasteiger partial charge in [0.1, 0.15) is 5.69 Å². The van der Waals surface area contributed by atoms with Crippen LogP contribution >= 0.6 is 23.7 Å². The first-order valence-electron chi connectivity index (χ1n) is 8.11. The number of carbonyl (C=O) groups excluding carboxylic acids is 1. The van der Waals surface area contributed by atoms with Crippen molar-refractivity contribution in [2.24, 2.45) is 5.73 Å². The van der Waals surface area contributed by atoms with Crippen LogP contribution in [0.4, 0.5) is 0 Å². The summed E-state index contributed by atoms with van der Waals surface area (Å²) in [7, 11) is 0. The third kappa shape index (κ3) is 3.44. The molecule has 1 saturated heterocycles. The predicted octanol–water partition coefficient (Wildman–Crippen LogP) is 2.77. The Labute approximate surface area is 156 Å². The maximum atomic E-state index is 12.9. The lowest BCUT2D eigenvalue weighted by molar-refractivity contribution is 0.0730. The maximum absolute atomic E-state index is 12.9. The van der Waals surface area contributed by atoms with Gasteiger partial charge in [0.25, 0.3) is 5.91 Å². The van der Waals surface area contributed by atoms with E-state index in [0.29, 0.717) is 18.7 Å². The van der Waals surface area contributed by atoms with Crippen molar-refractivity contribution in [1.82, 2.24) is 9.88 Å². The Hall–Kier alpha value is -1.83. The number of hydrogen-bond donors (Lipinski definition) is 1. The molecule has 0 saturated carbocycles. The fourth-order valence-corrected chi connectivity index (χ4v) is 4.06. The van der Waals surface area contributed by atoms with Crippen LogP contribution in [-0.2, 0) is 6.42 Å². The lowest BCUT2D eigenvalue weighted by Gasteiger charge is -2.24. The van der Waals surface area contributed by atoms with Crippen LogP contribution in [0.25, 0.3) is 0 Å². The van der Waals surface area contributed by atoms with E-state index in [4.69, 9.17) is 15.2 Å². The minimum Gasteiger partial charge on any atom is -0.454 e. The first kappa shape index (κ1) is 18.0. The highest BCUT2D eigenvalue weighted by Crippen LogP contribution is 2.39. The van der Waals surface area contributed by atoms with E-state index < -0.39 is 0 Å². The highest BCUT2D eigenvalue weighted by molar-refractivity contribution is 7.09.